The van der Waals surface area contributed by atoms with E-state index in [2.05, 4.69) is 25.9 Å². The molecular weight excluding hydrogens is 325 g/mol. The number of ether oxygens (including phenoxy) is 1. The summed E-state index contributed by atoms with van der Waals surface area (Å²) in [5, 5.41) is 17.1. The van der Waals surface area contributed by atoms with Crippen molar-refractivity contribution in [1.29, 1.82) is 0 Å². The molecule has 1 aliphatic heterocycles. The lowest BCUT2D eigenvalue weighted by Gasteiger charge is -2.34. The molecule has 0 spiro atoms. The molecule has 2 heterocycles. The van der Waals surface area contributed by atoms with Gasteiger partial charge in [0.15, 0.2) is 5.82 Å². The lowest BCUT2D eigenvalue weighted by Crippen LogP contribution is -2.45. The molecule has 7 nitrogen and oxygen atoms in total. The second-order valence-corrected chi connectivity index (χ2v) is 6.82. The monoisotopic (exact) mass is 345 g/mol. The number of aromatic amines is 1. The summed E-state index contributed by atoms with van der Waals surface area (Å²) in [7, 11) is 0. The predicted octanol–water partition coefficient (Wildman–Crippen LogP) is 1.69. The van der Waals surface area contributed by atoms with E-state index in [1.54, 1.807) is 6.07 Å². The van der Waals surface area contributed by atoms with Gasteiger partial charge in [-0.2, -0.15) is 5.21 Å². The standard InChI is InChI=1S/C17H20FN5O2/c18-14-9-12(11-1-2-11)3-4-13(14)15(24)19-10-17(5-7-25-8-6-17)16-20-22-23-21-16/h3-4,9,11H,1-2,5-8,10H2,(H,19,24)(H,20,21,22,23). The zero-order valence-electron chi connectivity index (χ0n) is 13.8. The van der Waals surface area contributed by atoms with Crippen molar-refractivity contribution >= 4 is 5.91 Å². The van der Waals surface area contributed by atoms with Crippen LogP contribution in [0.3, 0.4) is 0 Å². The highest BCUT2D eigenvalue weighted by Crippen LogP contribution is 2.40. The van der Waals surface area contributed by atoms with Crippen LogP contribution in [0.2, 0.25) is 0 Å². The summed E-state index contributed by atoms with van der Waals surface area (Å²) in [5.74, 6) is 0.118. The normalized spacial score (nSPS) is 19.6. The molecule has 1 aliphatic carbocycles. The minimum Gasteiger partial charge on any atom is -0.381 e. The van der Waals surface area contributed by atoms with Gasteiger partial charge >= 0.3 is 0 Å². The number of carbonyl (C=O) groups is 1. The average molecular weight is 345 g/mol. The maximum Gasteiger partial charge on any atom is 0.254 e. The molecule has 1 amide bonds. The number of hydrogen-bond donors (Lipinski definition) is 2. The molecule has 0 radical (unpaired) electrons. The number of nitrogens with zero attached hydrogens (tertiary/aromatic N) is 3. The van der Waals surface area contributed by atoms with Crippen molar-refractivity contribution in [1.82, 2.24) is 25.9 Å². The van der Waals surface area contributed by atoms with Crippen molar-refractivity contribution in [2.45, 2.75) is 37.0 Å². The van der Waals surface area contributed by atoms with Crippen molar-refractivity contribution in [3.05, 3.63) is 41.0 Å². The van der Waals surface area contributed by atoms with E-state index in [-0.39, 0.29) is 5.56 Å². The Labute approximate surface area is 144 Å². The number of carbonyl (C=O) groups excluding carboxylic acids is 1. The Hall–Kier alpha value is -2.35. The van der Waals surface area contributed by atoms with Gasteiger partial charge < -0.3 is 10.1 Å². The topological polar surface area (TPSA) is 92.8 Å². The summed E-state index contributed by atoms with van der Waals surface area (Å²) < 4.78 is 19.7. The van der Waals surface area contributed by atoms with E-state index < -0.39 is 17.1 Å². The fourth-order valence-electron chi connectivity index (χ4n) is 3.36. The van der Waals surface area contributed by atoms with Crippen LogP contribution in [0.1, 0.15) is 53.3 Å². The molecule has 8 heteroatoms. The maximum absolute atomic E-state index is 14.3. The van der Waals surface area contributed by atoms with E-state index >= 15 is 0 Å². The number of halogens is 1. The summed E-state index contributed by atoms with van der Waals surface area (Å²) >= 11 is 0. The second-order valence-electron chi connectivity index (χ2n) is 6.82. The van der Waals surface area contributed by atoms with Crippen LogP contribution in [0.5, 0.6) is 0 Å². The van der Waals surface area contributed by atoms with Gasteiger partial charge in [0.2, 0.25) is 0 Å². The molecular formula is C17H20FN5O2. The molecule has 1 aromatic carbocycles. The number of amides is 1. The number of H-pyrrole nitrogens is 1. The minimum absolute atomic E-state index is 0.0692. The van der Waals surface area contributed by atoms with Crippen LogP contribution in [-0.2, 0) is 10.2 Å². The van der Waals surface area contributed by atoms with Crippen LogP contribution < -0.4 is 5.32 Å². The first-order chi connectivity index (χ1) is 12.2. The highest BCUT2D eigenvalue weighted by atomic mass is 19.1. The molecule has 0 atom stereocenters. The highest BCUT2D eigenvalue weighted by Gasteiger charge is 2.39. The van der Waals surface area contributed by atoms with E-state index in [9.17, 15) is 9.18 Å². The first kappa shape index (κ1) is 16.1. The molecule has 4 rings (SSSR count). The number of benzene rings is 1. The van der Waals surface area contributed by atoms with Crippen molar-refractivity contribution in [3.63, 3.8) is 0 Å². The summed E-state index contributed by atoms with van der Waals surface area (Å²) in [6.07, 6.45) is 3.55. The summed E-state index contributed by atoms with van der Waals surface area (Å²) in [4.78, 5) is 12.5. The van der Waals surface area contributed by atoms with E-state index in [0.29, 0.717) is 44.3 Å². The largest absolute Gasteiger partial charge is 0.381 e. The summed E-state index contributed by atoms with van der Waals surface area (Å²) in [6, 6.07) is 4.90. The highest BCUT2D eigenvalue weighted by molar-refractivity contribution is 5.94. The van der Waals surface area contributed by atoms with Crippen LogP contribution in [-0.4, -0.2) is 46.3 Å². The smallest absolute Gasteiger partial charge is 0.254 e. The average Bonchev–Trinajstić information content (AvgIpc) is 3.34. The van der Waals surface area contributed by atoms with Crippen molar-refractivity contribution in [3.8, 4) is 0 Å². The number of aromatic nitrogens is 4. The lowest BCUT2D eigenvalue weighted by molar-refractivity contribution is 0.0457. The van der Waals surface area contributed by atoms with Crippen LogP contribution in [0.4, 0.5) is 4.39 Å². The van der Waals surface area contributed by atoms with E-state index in [1.807, 2.05) is 6.07 Å². The Morgan fingerprint density at radius 1 is 1.36 bits per heavy atom. The van der Waals surface area contributed by atoms with Gasteiger partial charge in [-0.15, -0.1) is 10.2 Å². The predicted molar refractivity (Wildman–Crippen MR) is 86.6 cm³/mol. The molecule has 132 valence electrons. The van der Waals surface area contributed by atoms with Gasteiger partial charge in [0.25, 0.3) is 5.91 Å². The number of tetrazole rings is 1. The van der Waals surface area contributed by atoms with Gasteiger partial charge in [-0.3, -0.25) is 4.79 Å². The molecule has 2 aliphatic rings. The molecule has 1 saturated heterocycles. The van der Waals surface area contributed by atoms with E-state index in [1.165, 1.54) is 6.07 Å². The Balaban J connectivity index is 1.48. The Kier molecular flexibility index (Phi) is 4.20. The molecule has 2 aromatic rings. The van der Waals surface area contributed by atoms with Gasteiger partial charge in [-0.1, -0.05) is 11.3 Å². The first-order valence-electron chi connectivity index (χ1n) is 8.57. The number of hydrogen-bond acceptors (Lipinski definition) is 5. The minimum atomic E-state index is -0.470. The number of rotatable bonds is 5. The third-order valence-corrected chi connectivity index (χ3v) is 5.14. The molecule has 2 fully saturated rings. The fourth-order valence-corrected chi connectivity index (χ4v) is 3.36. The lowest BCUT2D eigenvalue weighted by atomic mass is 9.79. The van der Waals surface area contributed by atoms with Gasteiger partial charge in [-0.25, -0.2) is 4.39 Å². The van der Waals surface area contributed by atoms with Crippen LogP contribution in [0, 0.1) is 5.82 Å². The molecule has 1 aromatic heterocycles. The van der Waals surface area contributed by atoms with Crippen LogP contribution in [0.15, 0.2) is 18.2 Å². The first-order valence-corrected chi connectivity index (χ1v) is 8.57. The third-order valence-electron chi connectivity index (χ3n) is 5.14. The Morgan fingerprint density at radius 3 is 2.80 bits per heavy atom. The van der Waals surface area contributed by atoms with Gasteiger partial charge in [-0.05, 0) is 49.3 Å². The molecule has 0 unspecified atom stereocenters. The molecule has 2 N–H and O–H groups in total. The van der Waals surface area contributed by atoms with Crippen molar-refractivity contribution < 1.29 is 13.9 Å². The fraction of sp³-hybridized carbons (Fsp3) is 0.529. The van der Waals surface area contributed by atoms with Gasteiger partial charge in [0.1, 0.15) is 5.82 Å². The van der Waals surface area contributed by atoms with Crippen molar-refractivity contribution in [2.24, 2.45) is 0 Å². The summed E-state index contributed by atoms with van der Waals surface area (Å²) in [5.41, 5.74) is 0.604. The van der Waals surface area contributed by atoms with Crippen molar-refractivity contribution in [2.75, 3.05) is 19.8 Å². The zero-order chi connectivity index (χ0) is 17.3. The van der Waals surface area contributed by atoms with Gasteiger partial charge in [0.05, 0.1) is 11.0 Å². The van der Waals surface area contributed by atoms with Crippen LogP contribution >= 0.6 is 0 Å². The summed E-state index contributed by atoms with van der Waals surface area (Å²) in [6.45, 7) is 1.45. The molecule has 25 heavy (non-hydrogen) atoms. The third kappa shape index (κ3) is 3.26. The van der Waals surface area contributed by atoms with Crippen LogP contribution in [0.25, 0.3) is 0 Å². The Morgan fingerprint density at radius 2 is 2.16 bits per heavy atom. The Bertz CT molecular complexity index is 754. The quantitative estimate of drug-likeness (QED) is 0.860. The SMILES string of the molecule is O=C(NCC1(c2nn[nH]n2)CCOCC1)c1ccc(C2CC2)cc1F. The molecule has 1 saturated carbocycles. The van der Waals surface area contributed by atoms with Gasteiger partial charge in [0, 0.05) is 19.8 Å². The zero-order valence-corrected chi connectivity index (χ0v) is 13.8. The van der Waals surface area contributed by atoms with E-state index in [0.717, 1.165) is 18.4 Å². The van der Waals surface area contributed by atoms with E-state index in [4.69, 9.17) is 4.74 Å². The second kappa shape index (κ2) is 6.51. The maximum atomic E-state index is 14.3. The number of nitrogens with one attached hydrogen (secondary N) is 2. The molecule has 0 bridgehead atoms.